The number of hydrogen-bond acceptors (Lipinski definition) is 6. The lowest BCUT2D eigenvalue weighted by atomic mass is 10.1. The quantitative estimate of drug-likeness (QED) is 0.895. The van der Waals surface area contributed by atoms with Crippen molar-refractivity contribution in [3.05, 3.63) is 18.3 Å². The molecule has 0 aliphatic heterocycles. The highest BCUT2D eigenvalue weighted by atomic mass is 32.2. The lowest BCUT2D eigenvalue weighted by molar-refractivity contribution is 0.363. The van der Waals surface area contributed by atoms with Crippen LogP contribution >= 0.6 is 0 Å². The fourth-order valence-corrected chi connectivity index (χ4v) is 2.73. The van der Waals surface area contributed by atoms with Gasteiger partial charge in [0.2, 0.25) is 5.88 Å². The third-order valence-corrected chi connectivity index (χ3v) is 3.54. The van der Waals surface area contributed by atoms with Gasteiger partial charge in [0.25, 0.3) is 15.2 Å². The van der Waals surface area contributed by atoms with Crippen LogP contribution < -0.4 is 9.88 Å². The van der Waals surface area contributed by atoms with Crippen LogP contribution in [0.2, 0.25) is 0 Å². The first-order chi connectivity index (χ1) is 9.66. The summed E-state index contributed by atoms with van der Waals surface area (Å²) in [7, 11) is -2.52. The largest absolute Gasteiger partial charge is 0.480 e. The van der Waals surface area contributed by atoms with Gasteiger partial charge in [-0.25, -0.2) is 18.5 Å². The van der Waals surface area contributed by atoms with Crippen LogP contribution in [0, 0.1) is 0 Å². The van der Waals surface area contributed by atoms with Crippen molar-refractivity contribution in [3.63, 3.8) is 0 Å². The number of pyridine rings is 1. The third-order valence-electron chi connectivity index (χ3n) is 2.76. The van der Waals surface area contributed by atoms with E-state index in [0.29, 0.717) is 17.3 Å². The number of methoxy groups -OCH3 is 1. The van der Waals surface area contributed by atoms with Crippen LogP contribution in [0.25, 0.3) is 11.4 Å². The molecule has 9 heteroatoms. The fraction of sp³-hybridized carbons (Fsp3) is 0.417. The van der Waals surface area contributed by atoms with Crippen molar-refractivity contribution in [1.29, 1.82) is 0 Å². The molecule has 0 unspecified atom stereocenters. The van der Waals surface area contributed by atoms with Gasteiger partial charge < -0.3 is 4.74 Å². The van der Waals surface area contributed by atoms with Gasteiger partial charge in [-0.1, -0.05) is 0 Å². The molecule has 0 saturated carbocycles. The van der Waals surface area contributed by atoms with Crippen molar-refractivity contribution in [2.75, 3.05) is 7.11 Å². The number of ether oxygens (including phenoxy) is 1. The van der Waals surface area contributed by atoms with Crippen molar-refractivity contribution < 1.29 is 13.2 Å². The van der Waals surface area contributed by atoms with E-state index in [1.807, 2.05) is 20.8 Å². The Labute approximate surface area is 123 Å². The number of aromatic nitrogens is 4. The van der Waals surface area contributed by atoms with Crippen LogP contribution in [0.15, 0.2) is 23.5 Å². The normalized spacial score (nSPS) is 12.4. The zero-order chi connectivity index (χ0) is 15.8. The Morgan fingerprint density at radius 2 is 1.95 bits per heavy atom. The zero-order valence-corrected chi connectivity index (χ0v) is 13.0. The summed E-state index contributed by atoms with van der Waals surface area (Å²) in [4.78, 5) is 4.08. The van der Waals surface area contributed by atoms with Crippen LogP contribution in [0.5, 0.6) is 5.88 Å². The van der Waals surface area contributed by atoms with E-state index in [2.05, 4.69) is 15.2 Å². The first-order valence-corrected chi connectivity index (χ1v) is 7.69. The first-order valence-electron chi connectivity index (χ1n) is 6.14. The summed E-state index contributed by atoms with van der Waals surface area (Å²) in [6, 6.07) is 3.43. The summed E-state index contributed by atoms with van der Waals surface area (Å²) < 4.78 is 30.1. The third kappa shape index (κ3) is 2.88. The monoisotopic (exact) mass is 311 g/mol. The molecule has 0 radical (unpaired) electrons. The molecular weight excluding hydrogens is 294 g/mol. The molecule has 21 heavy (non-hydrogen) atoms. The summed E-state index contributed by atoms with van der Waals surface area (Å²) in [5.41, 5.74) is -0.0566. The van der Waals surface area contributed by atoms with Gasteiger partial charge in [-0.3, -0.25) is 4.57 Å². The molecule has 0 atom stereocenters. The molecule has 2 heterocycles. The van der Waals surface area contributed by atoms with Gasteiger partial charge in [0.15, 0.2) is 5.82 Å². The van der Waals surface area contributed by atoms with Gasteiger partial charge >= 0.3 is 0 Å². The number of nitrogens with two attached hydrogens (primary N) is 1. The van der Waals surface area contributed by atoms with E-state index in [1.54, 1.807) is 18.3 Å². The Hall–Kier alpha value is -2.00. The molecule has 0 aliphatic rings. The molecule has 2 aromatic heterocycles. The predicted molar refractivity (Wildman–Crippen MR) is 76.2 cm³/mol. The molecule has 0 saturated heterocycles. The highest BCUT2D eigenvalue weighted by Gasteiger charge is 2.30. The summed E-state index contributed by atoms with van der Waals surface area (Å²) in [5.74, 6) is 0.660. The minimum atomic E-state index is -4.00. The van der Waals surface area contributed by atoms with E-state index in [-0.39, 0.29) is 5.16 Å². The molecule has 2 rings (SSSR count). The van der Waals surface area contributed by atoms with Crippen molar-refractivity contribution in [2.45, 2.75) is 31.5 Å². The van der Waals surface area contributed by atoms with Gasteiger partial charge in [-0.05, 0) is 32.9 Å². The summed E-state index contributed by atoms with van der Waals surface area (Å²) in [5, 5.41) is 12.6. The topological polar surface area (TPSA) is 113 Å². The Morgan fingerprint density at radius 3 is 2.48 bits per heavy atom. The molecular formula is C12H17N5O3S. The van der Waals surface area contributed by atoms with Gasteiger partial charge in [0.05, 0.1) is 12.7 Å². The van der Waals surface area contributed by atoms with Gasteiger partial charge in [0.1, 0.15) is 0 Å². The molecule has 0 bridgehead atoms. The van der Waals surface area contributed by atoms with E-state index in [4.69, 9.17) is 9.88 Å². The summed E-state index contributed by atoms with van der Waals surface area (Å²) >= 11 is 0. The molecule has 0 aliphatic carbocycles. The van der Waals surface area contributed by atoms with Crippen molar-refractivity contribution in [1.82, 2.24) is 19.7 Å². The zero-order valence-electron chi connectivity index (χ0n) is 12.2. The van der Waals surface area contributed by atoms with Crippen LogP contribution in [0.4, 0.5) is 0 Å². The Balaban J connectivity index is 2.80. The number of nitrogens with zero attached hydrogens (tertiary/aromatic N) is 4. The summed E-state index contributed by atoms with van der Waals surface area (Å²) in [6.45, 7) is 5.49. The SMILES string of the molecule is COc1ncccc1-c1nnc(S(N)(=O)=O)n1C(C)(C)C. The molecule has 2 aromatic rings. The second-order valence-corrected chi connectivity index (χ2v) is 6.87. The molecule has 0 fully saturated rings. The highest BCUT2D eigenvalue weighted by molar-refractivity contribution is 7.89. The predicted octanol–water partition coefficient (Wildman–Crippen LogP) is 0.751. The maximum atomic E-state index is 11.7. The number of hydrogen-bond donors (Lipinski definition) is 1. The lowest BCUT2D eigenvalue weighted by Crippen LogP contribution is -2.29. The Morgan fingerprint density at radius 1 is 1.29 bits per heavy atom. The molecule has 8 nitrogen and oxygen atoms in total. The van der Waals surface area contributed by atoms with Gasteiger partial charge in [-0.15, -0.1) is 10.2 Å². The van der Waals surface area contributed by atoms with E-state index in [0.717, 1.165) is 0 Å². The van der Waals surface area contributed by atoms with E-state index in [9.17, 15) is 8.42 Å². The standard InChI is InChI=1S/C12H17N5O3S/c1-12(2,3)17-9(15-16-11(17)21(13,18)19)8-6-5-7-14-10(8)20-4/h5-7H,1-4H3,(H2,13,18,19). The average Bonchev–Trinajstić information content (AvgIpc) is 2.83. The minimum Gasteiger partial charge on any atom is -0.480 e. The lowest BCUT2D eigenvalue weighted by Gasteiger charge is -2.24. The Kier molecular flexibility index (Phi) is 3.72. The van der Waals surface area contributed by atoms with Crippen molar-refractivity contribution >= 4 is 10.0 Å². The molecule has 0 spiro atoms. The van der Waals surface area contributed by atoms with E-state index in [1.165, 1.54) is 11.7 Å². The van der Waals surface area contributed by atoms with Crippen molar-refractivity contribution in [2.24, 2.45) is 5.14 Å². The van der Waals surface area contributed by atoms with Crippen molar-refractivity contribution in [3.8, 4) is 17.3 Å². The highest BCUT2D eigenvalue weighted by Crippen LogP contribution is 2.31. The summed E-state index contributed by atoms with van der Waals surface area (Å²) in [6.07, 6.45) is 1.57. The minimum absolute atomic E-state index is 0.295. The number of primary sulfonamides is 1. The number of sulfonamides is 1. The van der Waals surface area contributed by atoms with Crippen LogP contribution in [-0.4, -0.2) is 35.3 Å². The van der Waals surface area contributed by atoms with E-state index >= 15 is 0 Å². The second kappa shape index (κ2) is 5.08. The van der Waals surface area contributed by atoms with Gasteiger partial charge in [0, 0.05) is 11.7 Å². The Bertz CT molecular complexity index is 761. The van der Waals surface area contributed by atoms with Crippen LogP contribution in [0.1, 0.15) is 20.8 Å². The molecule has 0 aromatic carbocycles. The maximum absolute atomic E-state index is 11.7. The van der Waals surface area contributed by atoms with Gasteiger partial charge in [-0.2, -0.15) is 0 Å². The molecule has 2 N–H and O–H groups in total. The molecule has 114 valence electrons. The smallest absolute Gasteiger partial charge is 0.273 e. The maximum Gasteiger partial charge on any atom is 0.273 e. The second-order valence-electron chi connectivity index (χ2n) is 5.42. The number of rotatable bonds is 3. The first kappa shape index (κ1) is 15.4. The van der Waals surface area contributed by atoms with E-state index < -0.39 is 15.6 Å². The van der Waals surface area contributed by atoms with Crippen LogP contribution in [0.3, 0.4) is 0 Å². The molecule has 0 amide bonds. The average molecular weight is 311 g/mol. The fourth-order valence-electron chi connectivity index (χ4n) is 1.96. The van der Waals surface area contributed by atoms with Crippen LogP contribution in [-0.2, 0) is 15.6 Å².